The van der Waals surface area contributed by atoms with E-state index in [1.807, 2.05) is 18.2 Å². The molecule has 1 fully saturated rings. The number of nitrogens with zero attached hydrogens (tertiary/aromatic N) is 2. The van der Waals surface area contributed by atoms with E-state index < -0.39 is 11.9 Å². The first kappa shape index (κ1) is 9.79. The first-order chi connectivity index (χ1) is 7.24. The van der Waals surface area contributed by atoms with Gasteiger partial charge in [-0.05, 0) is 12.1 Å². The van der Waals surface area contributed by atoms with Crippen LogP contribution in [0.2, 0.25) is 0 Å². The topological polar surface area (TPSA) is 59.5 Å². The standard InChI is InChI=1S/C10H10N2O3/c13-9-6-12(7-10(14)15-9)5-8-3-1-2-4-11-8/h1-4H,5-7H2. The molecule has 1 aromatic rings. The highest BCUT2D eigenvalue weighted by Gasteiger charge is 2.24. The number of carbonyl (C=O) groups is 2. The SMILES string of the molecule is O=C1CN(Cc2ccccn2)CC(=O)O1. The highest BCUT2D eigenvalue weighted by molar-refractivity contribution is 5.90. The van der Waals surface area contributed by atoms with E-state index in [0.29, 0.717) is 6.54 Å². The fraction of sp³-hybridized carbons (Fsp3) is 0.300. The average Bonchev–Trinajstić information content (AvgIpc) is 2.17. The molecule has 0 aliphatic carbocycles. The van der Waals surface area contributed by atoms with Crippen LogP contribution in [0.25, 0.3) is 0 Å². The Hall–Kier alpha value is -1.75. The van der Waals surface area contributed by atoms with Gasteiger partial charge in [-0.3, -0.25) is 19.5 Å². The summed E-state index contributed by atoms with van der Waals surface area (Å²) in [5.41, 5.74) is 0.833. The zero-order valence-corrected chi connectivity index (χ0v) is 8.05. The molecule has 1 aliphatic heterocycles. The lowest BCUT2D eigenvalue weighted by atomic mass is 10.3. The molecule has 1 aromatic heterocycles. The van der Waals surface area contributed by atoms with Crippen molar-refractivity contribution < 1.29 is 14.3 Å². The van der Waals surface area contributed by atoms with Crippen LogP contribution in [0.1, 0.15) is 5.69 Å². The van der Waals surface area contributed by atoms with Crippen LogP contribution in [-0.2, 0) is 20.9 Å². The quantitative estimate of drug-likeness (QED) is 0.502. The Morgan fingerprint density at radius 3 is 2.60 bits per heavy atom. The second-order valence-electron chi connectivity index (χ2n) is 3.31. The van der Waals surface area contributed by atoms with Gasteiger partial charge in [-0.1, -0.05) is 6.07 Å². The van der Waals surface area contributed by atoms with Crippen molar-refractivity contribution in [1.29, 1.82) is 0 Å². The lowest BCUT2D eigenvalue weighted by molar-refractivity contribution is -0.167. The third-order valence-electron chi connectivity index (χ3n) is 2.04. The second kappa shape index (κ2) is 4.18. The zero-order chi connectivity index (χ0) is 10.7. The summed E-state index contributed by atoms with van der Waals surface area (Å²) >= 11 is 0. The molecular weight excluding hydrogens is 196 g/mol. The summed E-state index contributed by atoms with van der Waals surface area (Å²) < 4.78 is 4.41. The van der Waals surface area contributed by atoms with Crippen LogP contribution in [0.3, 0.4) is 0 Å². The number of ether oxygens (including phenoxy) is 1. The minimum atomic E-state index is -0.498. The molecule has 0 N–H and O–H groups in total. The van der Waals surface area contributed by atoms with Gasteiger partial charge in [0.1, 0.15) is 0 Å². The number of aromatic nitrogens is 1. The first-order valence-electron chi connectivity index (χ1n) is 4.60. The molecule has 5 heteroatoms. The second-order valence-corrected chi connectivity index (χ2v) is 3.31. The molecule has 78 valence electrons. The van der Waals surface area contributed by atoms with E-state index in [-0.39, 0.29) is 13.1 Å². The minimum Gasteiger partial charge on any atom is -0.391 e. The van der Waals surface area contributed by atoms with Crippen molar-refractivity contribution in [3.05, 3.63) is 30.1 Å². The van der Waals surface area contributed by atoms with Crippen molar-refractivity contribution in [2.75, 3.05) is 13.1 Å². The number of cyclic esters (lactones) is 2. The highest BCUT2D eigenvalue weighted by Crippen LogP contribution is 2.05. The van der Waals surface area contributed by atoms with Gasteiger partial charge < -0.3 is 4.74 Å². The van der Waals surface area contributed by atoms with Gasteiger partial charge in [0.05, 0.1) is 18.8 Å². The summed E-state index contributed by atoms with van der Waals surface area (Å²) in [5, 5.41) is 0. The lowest BCUT2D eigenvalue weighted by Gasteiger charge is -2.23. The number of rotatable bonds is 2. The summed E-state index contributed by atoms with van der Waals surface area (Å²) in [6.07, 6.45) is 1.68. The molecular formula is C10H10N2O3. The zero-order valence-electron chi connectivity index (χ0n) is 8.05. The number of esters is 2. The fourth-order valence-electron chi connectivity index (χ4n) is 1.45. The van der Waals surface area contributed by atoms with Crippen molar-refractivity contribution in [2.24, 2.45) is 0 Å². The molecule has 0 aromatic carbocycles. The Morgan fingerprint density at radius 2 is 2.00 bits per heavy atom. The predicted octanol–water partition coefficient (Wildman–Crippen LogP) is -0.0330. The van der Waals surface area contributed by atoms with Crippen molar-refractivity contribution in [3.63, 3.8) is 0 Å². The van der Waals surface area contributed by atoms with Crippen LogP contribution in [-0.4, -0.2) is 34.9 Å². The number of hydrogen-bond acceptors (Lipinski definition) is 5. The molecule has 0 unspecified atom stereocenters. The van der Waals surface area contributed by atoms with E-state index in [1.54, 1.807) is 11.1 Å². The molecule has 0 spiro atoms. The van der Waals surface area contributed by atoms with Crippen molar-refractivity contribution in [2.45, 2.75) is 6.54 Å². The Kier molecular flexibility index (Phi) is 2.73. The summed E-state index contributed by atoms with van der Waals surface area (Å²) in [6.45, 7) is 0.770. The molecule has 2 rings (SSSR count). The van der Waals surface area contributed by atoms with Crippen LogP contribution in [0.15, 0.2) is 24.4 Å². The molecule has 1 saturated heterocycles. The van der Waals surface area contributed by atoms with E-state index in [1.165, 1.54) is 0 Å². The van der Waals surface area contributed by atoms with E-state index in [2.05, 4.69) is 9.72 Å². The van der Waals surface area contributed by atoms with Gasteiger partial charge in [0, 0.05) is 12.7 Å². The van der Waals surface area contributed by atoms with Crippen LogP contribution < -0.4 is 0 Å². The molecule has 0 amide bonds. The molecule has 0 bridgehead atoms. The highest BCUT2D eigenvalue weighted by atomic mass is 16.6. The van der Waals surface area contributed by atoms with Crippen LogP contribution in [0.5, 0.6) is 0 Å². The Morgan fingerprint density at radius 1 is 1.27 bits per heavy atom. The molecule has 1 aliphatic rings. The number of pyridine rings is 1. The summed E-state index contributed by atoms with van der Waals surface area (Å²) in [5.74, 6) is -0.996. The van der Waals surface area contributed by atoms with Crippen LogP contribution >= 0.6 is 0 Å². The van der Waals surface area contributed by atoms with Gasteiger partial charge in [0.25, 0.3) is 0 Å². The number of hydrogen-bond donors (Lipinski definition) is 0. The predicted molar refractivity (Wildman–Crippen MR) is 50.6 cm³/mol. The van der Waals surface area contributed by atoms with Crippen LogP contribution in [0.4, 0.5) is 0 Å². The number of morpholine rings is 1. The molecule has 2 heterocycles. The third-order valence-corrected chi connectivity index (χ3v) is 2.04. The fourth-order valence-corrected chi connectivity index (χ4v) is 1.45. The van der Waals surface area contributed by atoms with E-state index >= 15 is 0 Å². The lowest BCUT2D eigenvalue weighted by Crippen LogP contribution is -2.42. The maximum Gasteiger partial charge on any atom is 0.327 e. The summed E-state index contributed by atoms with van der Waals surface area (Å²) in [4.78, 5) is 27.8. The molecule has 0 atom stereocenters. The summed E-state index contributed by atoms with van der Waals surface area (Å²) in [6, 6.07) is 5.54. The third kappa shape index (κ3) is 2.60. The molecule has 0 saturated carbocycles. The smallest absolute Gasteiger partial charge is 0.327 e. The largest absolute Gasteiger partial charge is 0.391 e. The summed E-state index contributed by atoms with van der Waals surface area (Å²) in [7, 11) is 0. The van der Waals surface area contributed by atoms with Gasteiger partial charge in [0.15, 0.2) is 0 Å². The Labute approximate surface area is 86.7 Å². The normalized spacial score (nSPS) is 17.6. The average molecular weight is 206 g/mol. The molecule has 15 heavy (non-hydrogen) atoms. The van der Waals surface area contributed by atoms with Crippen molar-refractivity contribution in [1.82, 2.24) is 9.88 Å². The number of carbonyl (C=O) groups excluding carboxylic acids is 2. The molecule has 0 radical (unpaired) electrons. The van der Waals surface area contributed by atoms with Gasteiger partial charge >= 0.3 is 11.9 Å². The monoisotopic (exact) mass is 206 g/mol. The van der Waals surface area contributed by atoms with Gasteiger partial charge in [-0.15, -0.1) is 0 Å². The van der Waals surface area contributed by atoms with E-state index in [0.717, 1.165) is 5.69 Å². The maximum absolute atomic E-state index is 11.0. The van der Waals surface area contributed by atoms with E-state index in [4.69, 9.17) is 0 Å². The van der Waals surface area contributed by atoms with Gasteiger partial charge in [0.2, 0.25) is 0 Å². The van der Waals surface area contributed by atoms with Gasteiger partial charge in [-0.2, -0.15) is 0 Å². The van der Waals surface area contributed by atoms with Crippen LogP contribution in [0, 0.1) is 0 Å². The maximum atomic E-state index is 11.0. The minimum absolute atomic E-state index is 0.141. The Balaban J connectivity index is 2.00. The Bertz CT molecular complexity index is 362. The van der Waals surface area contributed by atoms with Crippen molar-refractivity contribution >= 4 is 11.9 Å². The van der Waals surface area contributed by atoms with E-state index in [9.17, 15) is 9.59 Å². The van der Waals surface area contributed by atoms with Gasteiger partial charge in [-0.25, -0.2) is 0 Å². The first-order valence-corrected chi connectivity index (χ1v) is 4.60. The molecule has 5 nitrogen and oxygen atoms in total. The van der Waals surface area contributed by atoms with Crippen molar-refractivity contribution in [3.8, 4) is 0 Å².